The van der Waals surface area contributed by atoms with Gasteiger partial charge in [0, 0.05) is 5.39 Å². The molecule has 0 aliphatic rings. The Morgan fingerprint density at radius 2 is 1.78 bits per heavy atom. The molecule has 2 aromatic carbocycles. The van der Waals surface area contributed by atoms with E-state index in [0.717, 1.165) is 27.7 Å². The molecule has 0 bridgehead atoms. The number of aryl methyl sites for hydroxylation is 2. The maximum absolute atomic E-state index is 12.6. The van der Waals surface area contributed by atoms with Crippen molar-refractivity contribution in [3.8, 4) is 0 Å². The van der Waals surface area contributed by atoms with Crippen LogP contribution in [0.5, 0.6) is 0 Å². The van der Waals surface area contributed by atoms with Crippen LogP contribution in [0, 0.1) is 13.8 Å². The standard InChI is InChI=1S/C20H20N2O/c1-13-9-10-19-17(11-13)12-18(15(3)21-19)20(23)22-14(2)16-7-5-4-6-8-16/h4-12,14H,1-3H3,(H,22,23). The third-order valence-electron chi connectivity index (χ3n) is 4.05. The number of benzene rings is 2. The minimum Gasteiger partial charge on any atom is -0.345 e. The van der Waals surface area contributed by atoms with Crippen LogP contribution >= 0.6 is 0 Å². The van der Waals surface area contributed by atoms with Gasteiger partial charge in [0.15, 0.2) is 0 Å². The summed E-state index contributed by atoms with van der Waals surface area (Å²) in [7, 11) is 0. The summed E-state index contributed by atoms with van der Waals surface area (Å²) in [6.07, 6.45) is 0. The van der Waals surface area contributed by atoms with Crippen molar-refractivity contribution in [2.45, 2.75) is 26.8 Å². The average molecular weight is 304 g/mol. The fourth-order valence-electron chi connectivity index (χ4n) is 2.72. The molecule has 3 heteroatoms. The van der Waals surface area contributed by atoms with Gasteiger partial charge in [0.05, 0.1) is 22.8 Å². The Labute approximate surface area is 136 Å². The smallest absolute Gasteiger partial charge is 0.253 e. The van der Waals surface area contributed by atoms with Gasteiger partial charge in [-0.2, -0.15) is 0 Å². The Kier molecular flexibility index (Phi) is 4.11. The zero-order chi connectivity index (χ0) is 16.4. The highest BCUT2D eigenvalue weighted by molar-refractivity contribution is 5.98. The summed E-state index contributed by atoms with van der Waals surface area (Å²) >= 11 is 0. The van der Waals surface area contributed by atoms with Crippen molar-refractivity contribution in [1.29, 1.82) is 0 Å². The number of nitrogens with one attached hydrogen (secondary N) is 1. The molecule has 0 saturated carbocycles. The predicted molar refractivity (Wildman–Crippen MR) is 93.5 cm³/mol. The molecular formula is C20H20N2O. The molecule has 23 heavy (non-hydrogen) atoms. The zero-order valence-electron chi connectivity index (χ0n) is 13.6. The minimum atomic E-state index is -0.0882. The van der Waals surface area contributed by atoms with Gasteiger partial charge in [-0.05, 0) is 44.5 Å². The quantitative estimate of drug-likeness (QED) is 0.782. The molecule has 0 radical (unpaired) electrons. The van der Waals surface area contributed by atoms with Crippen LogP contribution in [0.15, 0.2) is 54.6 Å². The third-order valence-corrected chi connectivity index (χ3v) is 4.05. The maximum atomic E-state index is 12.6. The van der Waals surface area contributed by atoms with Crippen LogP contribution in [0.1, 0.15) is 40.1 Å². The number of hydrogen-bond acceptors (Lipinski definition) is 2. The van der Waals surface area contributed by atoms with Crippen molar-refractivity contribution in [1.82, 2.24) is 10.3 Å². The fourth-order valence-corrected chi connectivity index (χ4v) is 2.72. The van der Waals surface area contributed by atoms with Crippen LogP contribution in [0.25, 0.3) is 10.9 Å². The summed E-state index contributed by atoms with van der Waals surface area (Å²) in [5.74, 6) is -0.0882. The van der Waals surface area contributed by atoms with E-state index in [-0.39, 0.29) is 11.9 Å². The lowest BCUT2D eigenvalue weighted by atomic mass is 10.1. The van der Waals surface area contributed by atoms with Gasteiger partial charge in [-0.1, -0.05) is 42.0 Å². The Bertz CT molecular complexity index is 856. The molecule has 1 atom stereocenters. The number of rotatable bonds is 3. The van der Waals surface area contributed by atoms with E-state index in [9.17, 15) is 4.79 Å². The van der Waals surface area contributed by atoms with E-state index in [0.29, 0.717) is 5.56 Å². The monoisotopic (exact) mass is 304 g/mol. The van der Waals surface area contributed by atoms with Gasteiger partial charge in [-0.3, -0.25) is 9.78 Å². The number of fused-ring (bicyclic) bond motifs is 1. The van der Waals surface area contributed by atoms with Crippen LogP contribution in [0.2, 0.25) is 0 Å². The molecule has 0 fully saturated rings. The molecular weight excluding hydrogens is 284 g/mol. The topological polar surface area (TPSA) is 42.0 Å². The van der Waals surface area contributed by atoms with Crippen LogP contribution in [-0.2, 0) is 0 Å². The summed E-state index contributed by atoms with van der Waals surface area (Å²) in [6.45, 7) is 5.90. The first-order valence-electron chi connectivity index (χ1n) is 7.78. The van der Waals surface area contributed by atoms with Crippen LogP contribution in [-0.4, -0.2) is 10.9 Å². The molecule has 1 amide bonds. The molecule has 0 aliphatic carbocycles. The van der Waals surface area contributed by atoms with E-state index in [1.807, 2.05) is 69.3 Å². The van der Waals surface area contributed by atoms with Crippen molar-refractivity contribution in [2.24, 2.45) is 0 Å². The number of carbonyl (C=O) groups excluding carboxylic acids is 1. The zero-order valence-corrected chi connectivity index (χ0v) is 13.6. The number of amides is 1. The molecule has 116 valence electrons. The molecule has 3 nitrogen and oxygen atoms in total. The Hall–Kier alpha value is -2.68. The first-order valence-corrected chi connectivity index (χ1v) is 7.78. The summed E-state index contributed by atoms with van der Waals surface area (Å²) in [6, 6.07) is 17.9. The Morgan fingerprint density at radius 3 is 2.52 bits per heavy atom. The van der Waals surface area contributed by atoms with Crippen molar-refractivity contribution < 1.29 is 4.79 Å². The first kappa shape index (κ1) is 15.2. The number of carbonyl (C=O) groups is 1. The van der Waals surface area contributed by atoms with Gasteiger partial charge in [0.2, 0.25) is 0 Å². The highest BCUT2D eigenvalue weighted by atomic mass is 16.1. The van der Waals surface area contributed by atoms with Gasteiger partial charge in [0.25, 0.3) is 5.91 Å². The van der Waals surface area contributed by atoms with Gasteiger partial charge >= 0.3 is 0 Å². The van der Waals surface area contributed by atoms with E-state index in [4.69, 9.17) is 0 Å². The molecule has 0 spiro atoms. The number of aromatic nitrogens is 1. The lowest BCUT2D eigenvalue weighted by Crippen LogP contribution is -2.27. The Balaban J connectivity index is 1.90. The van der Waals surface area contributed by atoms with E-state index < -0.39 is 0 Å². The second-order valence-electron chi connectivity index (χ2n) is 5.92. The molecule has 1 unspecified atom stereocenters. The SMILES string of the molecule is Cc1ccc2nc(C)c(C(=O)NC(C)c3ccccc3)cc2c1. The summed E-state index contributed by atoms with van der Waals surface area (Å²) in [5, 5.41) is 4.05. The third kappa shape index (κ3) is 3.24. The van der Waals surface area contributed by atoms with E-state index in [1.54, 1.807) is 0 Å². The highest BCUT2D eigenvalue weighted by Gasteiger charge is 2.15. The van der Waals surface area contributed by atoms with E-state index in [1.165, 1.54) is 0 Å². The highest BCUT2D eigenvalue weighted by Crippen LogP contribution is 2.19. The van der Waals surface area contributed by atoms with Crippen LogP contribution < -0.4 is 5.32 Å². The van der Waals surface area contributed by atoms with E-state index in [2.05, 4.69) is 16.4 Å². The number of hydrogen-bond donors (Lipinski definition) is 1. The molecule has 0 aliphatic heterocycles. The summed E-state index contributed by atoms with van der Waals surface area (Å²) < 4.78 is 0. The van der Waals surface area contributed by atoms with Gasteiger partial charge in [0.1, 0.15) is 0 Å². The summed E-state index contributed by atoms with van der Waals surface area (Å²) in [4.78, 5) is 17.2. The van der Waals surface area contributed by atoms with Gasteiger partial charge < -0.3 is 5.32 Å². The van der Waals surface area contributed by atoms with Crippen LogP contribution in [0.4, 0.5) is 0 Å². The number of nitrogens with zero attached hydrogens (tertiary/aromatic N) is 1. The van der Waals surface area contributed by atoms with Crippen molar-refractivity contribution in [3.05, 3.63) is 77.0 Å². The lowest BCUT2D eigenvalue weighted by molar-refractivity contribution is 0.0939. The first-order chi connectivity index (χ1) is 11.0. The minimum absolute atomic E-state index is 0.0451. The van der Waals surface area contributed by atoms with Gasteiger partial charge in [-0.15, -0.1) is 0 Å². The second kappa shape index (κ2) is 6.21. The molecule has 1 N–H and O–H groups in total. The largest absolute Gasteiger partial charge is 0.345 e. The van der Waals surface area contributed by atoms with Crippen molar-refractivity contribution in [3.63, 3.8) is 0 Å². The predicted octanol–water partition coefficient (Wildman–Crippen LogP) is 4.34. The van der Waals surface area contributed by atoms with Gasteiger partial charge in [-0.25, -0.2) is 0 Å². The molecule has 3 aromatic rings. The van der Waals surface area contributed by atoms with Crippen molar-refractivity contribution in [2.75, 3.05) is 0 Å². The average Bonchev–Trinajstić information content (AvgIpc) is 2.55. The fraction of sp³-hybridized carbons (Fsp3) is 0.200. The number of pyridine rings is 1. The molecule has 3 rings (SSSR count). The van der Waals surface area contributed by atoms with Crippen molar-refractivity contribution >= 4 is 16.8 Å². The van der Waals surface area contributed by atoms with E-state index >= 15 is 0 Å². The normalized spacial score (nSPS) is 12.1. The second-order valence-corrected chi connectivity index (χ2v) is 5.92. The molecule has 1 heterocycles. The Morgan fingerprint density at radius 1 is 1.04 bits per heavy atom. The summed E-state index contributed by atoms with van der Waals surface area (Å²) in [5.41, 5.74) is 4.54. The molecule has 0 saturated heterocycles. The molecule has 1 aromatic heterocycles. The van der Waals surface area contributed by atoms with Crippen LogP contribution in [0.3, 0.4) is 0 Å². The lowest BCUT2D eigenvalue weighted by Gasteiger charge is -2.15. The maximum Gasteiger partial charge on any atom is 0.253 e.